The molecule has 2 N–H and O–H groups in total. The van der Waals surface area contributed by atoms with Crippen LogP contribution in [0.15, 0.2) is 59.1 Å². The lowest BCUT2D eigenvalue weighted by molar-refractivity contribution is -0.118. The first-order chi connectivity index (χ1) is 14.3. The summed E-state index contributed by atoms with van der Waals surface area (Å²) in [6, 6.07) is 16.3. The molecule has 0 aliphatic heterocycles. The van der Waals surface area contributed by atoms with Crippen LogP contribution in [0.5, 0.6) is 5.75 Å². The molecule has 1 amide bonds. The summed E-state index contributed by atoms with van der Waals surface area (Å²) in [7, 11) is 0. The van der Waals surface area contributed by atoms with Crippen molar-refractivity contribution < 1.29 is 9.53 Å². The van der Waals surface area contributed by atoms with E-state index in [1.54, 1.807) is 30.3 Å². The van der Waals surface area contributed by atoms with Crippen LogP contribution in [-0.4, -0.2) is 12.5 Å². The highest BCUT2D eigenvalue weighted by Crippen LogP contribution is 2.28. The van der Waals surface area contributed by atoms with Crippen molar-refractivity contribution in [2.24, 2.45) is 0 Å². The fourth-order valence-corrected chi connectivity index (χ4v) is 3.81. The minimum absolute atomic E-state index is 0.123. The molecule has 0 fully saturated rings. The Morgan fingerprint density at radius 1 is 1.00 bits per heavy atom. The molecule has 3 aromatic carbocycles. The SMILES string of the molecule is Cc1ccc(NC(=O)COc2ccc(CNc3ccc(Cl)cc3Cl)cc2Br)cc1Cl. The Morgan fingerprint density at radius 2 is 1.80 bits per heavy atom. The predicted molar refractivity (Wildman–Crippen MR) is 128 cm³/mol. The number of aryl methyl sites for hydroxylation is 1. The van der Waals surface area contributed by atoms with E-state index in [2.05, 4.69) is 26.6 Å². The summed E-state index contributed by atoms with van der Waals surface area (Å²) in [6.07, 6.45) is 0. The Balaban J connectivity index is 1.54. The molecule has 0 aliphatic rings. The number of anilines is 2. The van der Waals surface area contributed by atoms with Crippen molar-refractivity contribution in [3.8, 4) is 5.75 Å². The maximum atomic E-state index is 12.1. The minimum atomic E-state index is -0.273. The fraction of sp³-hybridized carbons (Fsp3) is 0.136. The molecule has 0 saturated heterocycles. The number of carbonyl (C=O) groups excluding carboxylic acids is 1. The largest absolute Gasteiger partial charge is 0.483 e. The minimum Gasteiger partial charge on any atom is -0.483 e. The topological polar surface area (TPSA) is 50.4 Å². The number of carbonyl (C=O) groups is 1. The molecule has 0 spiro atoms. The third-order valence-electron chi connectivity index (χ3n) is 4.22. The van der Waals surface area contributed by atoms with Crippen molar-refractivity contribution in [3.05, 3.63) is 85.3 Å². The highest BCUT2D eigenvalue weighted by molar-refractivity contribution is 9.10. The summed E-state index contributed by atoms with van der Waals surface area (Å²) in [5.41, 5.74) is 3.38. The Hall–Kier alpha value is -1.92. The molecular formula is C22H18BrCl3N2O2. The van der Waals surface area contributed by atoms with E-state index in [1.165, 1.54) is 0 Å². The first-order valence-electron chi connectivity index (χ1n) is 8.98. The molecule has 0 saturated carbocycles. The van der Waals surface area contributed by atoms with Crippen LogP contribution in [0.1, 0.15) is 11.1 Å². The second-order valence-corrected chi connectivity index (χ2v) is 8.65. The zero-order valence-electron chi connectivity index (χ0n) is 15.9. The number of benzene rings is 3. The number of amides is 1. The lowest BCUT2D eigenvalue weighted by atomic mass is 10.2. The van der Waals surface area contributed by atoms with E-state index in [0.29, 0.717) is 33.0 Å². The fourth-order valence-electron chi connectivity index (χ4n) is 2.61. The molecule has 8 heteroatoms. The van der Waals surface area contributed by atoms with Gasteiger partial charge in [0.25, 0.3) is 5.91 Å². The third-order valence-corrected chi connectivity index (χ3v) is 5.80. The van der Waals surface area contributed by atoms with Gasteiger partial charge in [-0.2, -0.15) is 0 Å². The van der Waals surface area contributed by atoms with E-state index in [0.717, 1.165) is 21.3 Å². The van der Waals surface area contributed by atoms with Gasteiger partial charge in [-0.25, -0.2) is 0 Å². The maximum absolute atomic E-state index is 12.1. The Kier molecular flexibility index (Phi) is 7.89. The van der Waals surface area contributed by atoms with Gasteiger partial charge in [0.1, 0.15) is 5.75 Å². The van der Waals surface area contributed by atoms with Crippen LogP contribution in [0.25, 0.3) is 0 Å². The third kappa shape index (κ3) is 6.29. The highest BCUT2D eigenvalue weighted by atomic mass is 79.9. The van der Waals surface area contributed by atoms with Crippen molar-refractivity contribution >= 4 is 68.0 Å². The smallest absolute Gasteiger partial charge is 0.262 e. The van der Waals surface area contributed by atoms with Crippen molar-refractivity contribution in [2.75, 3.05) is 17.2 Å². The number of rotatable bonds is 7. The number of ether oxygens (including phenoxy) is 1. The van der Waals surface area contributed by atoms with Crippen molar-refractivity contribution in [1.29, 1.82) is 0 Å². The summed E-state index contributed by atoms with van der Waals surface area (Å²) in [5, 5.41) is 7.77. The van der Waals surface area contributed by atoms with E-state index in [-0.39, 0.29) is 12.5 Å². The van der Waals surface area contributed by atoms with Crippen molar-refractivity contribution in [2.45, 2.75) is 13.5 Å². The first-order valence-corrected chi connectivity index (χ1v) is 10.9. The molecule has 3 rings (SSSR count). The number of halogens is 4. The second-order valence-electron chi connectivity index (χ2n) is 6.54. The van der Waals surface area contributed by atoms with E-state index in [9.17, 15) is 4.79 Å². The first kappa shape index (κ1) is 22.8. The quantitative estimate of drug-likeness (QED) is 0.337. The Morgan fingerprint density at radius 3 is 2.50 bits per heavy atom. The van der Waals surface area contributed by atoms with Gasteiger partial charge in [0, 0.05) is 22.3 Å². The normalized spacial score (nSPS) is 10.6. The van der Waals surface area contributed by atoms with Gasteiger partial charge in [0.15, 0.2) is 6.61 Å². The van der Waals surface area contributed by atoms with Crippen LogP contribution in [0, 0.1) is 6.92 Å². The molecule has 0 bridgehead atoms. The van der Waals surface area contributed by atoms with Gasteiger partial charge in [-0.1, -0.05) is 46.9 Å². The molecule has 0 unspecified atom stereocenters. The van der Waals surface area contributed by atoms with Gasteiger partial charge >= 0.3 is 0 Å². The van der Waals surface area contributed by atoms with Crippen LogP contribution in [0.2, 0.25) is 15.1 Å². The van der Waals surface area contributed by atoms with Crippen LogP contribution >= 0.6 is 50.7 Å². The molecule has 0 aliphatic carbocycles. The van der Waals surface area contributed by atoms with Gasteiger partial charge in [-0.05, 0) is 76.4 Å². The van der Waals surface area contributed by atoms with Crippen LogP contribution in [0.4, 0.5) is 11.4 Å². The summed E-state index contributed by atoms with van der Waals surface area (Å²) < 4.78 is 6.37. The van der Waals surface area contributed by atoms with E-state index >= 15 is 0 Å². The Bertz CT molecular complexity index is 1080. The summed E-state index contributed by atoms with van der Waals surface area (Å²) in [6.45, 7) is 2.34. The average molecular weight is 529 g/mol. The predicted octanol–water partition coefficient (Wildman–Crippen LogP) is 7.35. The number of nitrogens with one attached hydrogen (secondary N) is 2. The van der Waals surface area contributed by atoms with E-state index < -0.39 is 0 Å². The summed E-state index contributed by atoms with van der Waals surface area (Å²) in [5.74, 6) is 0.297. The molecular weight excluding hydrogens is 511 g/mol. The lowest BCUT2D eigenvalue weighted by Gasteiger charge is -2.12. The van der Waals surface area contributed by atoms with Crippen LogP contribution < -0.4 is 15.4 Å². The molecule has 0 aromatic heterocycles. The molecule has 4 nitrogen and oxygen atoms in total. The van der Waals surface area contributed by atoms with Crippen LogP contribution in [0.3, 0.4) is 0 Å². The maximum Gasteiger partial charge on any atom is 0.262 e. The molecule has 0 atom stereocenters. The zero-order chi connectivity index (χ0) is 21.7. The molecule has 156 valence electrons. The second kappa shape index (κ2) is 10.4. The zero-order valence-corrected chi connectivity index (χ0v) is 19.8. The molecule has 0 radical (unpaired) electrons. The lowest BCUT2D eigenvalue weighted by Crippen LogP contribution is -2.20. The van der Waals surface area contributed by atoms with Gasteiger partial charge < -0.3 is 15.4 Å². The van der Waals surface area contributed by atoms with Gasteiger partial charge in [0.05, 0.1) is 15.2 Å². The van der Waals surface area contributed by atoms with E-state index in [1.807, 2.05) is 31.2 Å². The van der Waals surface area contributed by atoms with Crippen molar-refractivity contribution in [3.63, 3.8) is 0 Å². The monoisotopic (exact) mass is 526 g/mol. The average Bonchev–Trinajstić information content (AvgIpc) is 2.69. The number of hydrogen-bond acceptors (Lipinski definition) is 3. The highest BCUT2D eigenvalue weighted by Gasteiger charge is 2.09. The van der Waals surface area contributed by atoms with Gasteiger partial charge in [-0.3, -0.25) is 4.79 Å². The summed E-state index contributed by atoms with van der Waals surface area (Å²) >= 11 is 21.7. The van der Waals surface area contributed by atoms with E-state index in [4.69, 9.17) is 39.5 Å². The van der Waals surface area contributed by atoms with Crippen molar-refractivity contribution in [1.82, 2.24) is 0 Å². The number of hydrogen-bond donors (Lipinski definition) is 2. The van der Waals surface area contributed by atoms with Gasteiger partial charge in [-0.15, -0.1) is 0 Å². The standard InChI is InChI=1S/C22H18BrCl3N2O2/c1-13-2-5-16(10-18(13)25)28-22(29)12-30-21-7-3-14(8-17(21)23)11-27-20-6-4-15(24)9-19(20)26/h2-10,27H,11-12H2,1H3,(H,28,29). The molecule has 3 aromatic rings. The molecule has 30 heavy (non-hydrogen) atoms. The van der Waals surface area contributed by atoms with Crippen LogP contribution in [-0.2, 0) is 11.3 Å². The van der Waals surface area contributed by atoms with Gasteiger partial charge in [0.2, 0.25) is 0 Å². The summed E-state index contributed by atoms with van der Waals surface area (Å²) in [4.78, 5) is 12.1. The molecule has 0 heterocycles. The Labute approximate surface area is 198 Å².